The number of aromatic nitrogens is 1. The van der Waals surface area contributed by atoms with Gasteiger partial charge in [0.15, 0.2) is 0 Å². The highest BCUT2D eigenvalue weighted by molar-refractivity contribution is 5.98. The van der Waals surface area contributed by atoms with Gasteiger partial charge in [0, 0.05) is 42.6 Å². The number of rotatable bonds is 2. The van der Waals surface area contributed by atoms with Gasteiger partial charge in [0.1, 0.15) is 5.69 Å². The van der Waals surface area contributed by atoms with Crippen molar-refractivity contribution in [3.05, 3.63) is 41.6 Å². The van der Waals surface area contributed by atoms with Gasteiger partial charge in [-0.2, -0.15) is 0 Å². The molecule has 0 saturated heterocycles. The summed E-state index contributed by atoms with van der Waals surface area (Å²) in [5.74, 6) is -0.0958. The number of hydrogen-bond donors (Lipinski definition) is 1. The van der Waals surface area contributed by atoms with Gasteiger partial charge in [-0.25, -0.2) is 9.74 Å². The minimum absolute atomic E-state index is 0.0958. The van der Waals surface area contributed by atoms with Crippen molar-refractivity contribution in [3.63, 3.8) is 0 Å². The molecule has 0 spiro atoms. The first-order valence-electron chi connectivity index (χ1n) is 7.61. The summed E-state index contributed by atoms with van der Waals surface area (Å²) < 4.78 is 12.1. The number of halogens is 1. The van der Waals surface area contributed by atoms with E-state index in [-0.39, 0.29) is 5.91 Å². The van der Waals surface area contributed by atoms with Crippen LogP contribution in [0.25, 0.3) is 16.5 Å². The zero-order valence-electron chi connectivity index (χ0n) is 13.5. The summed E-state index contributed by atoms with van der Waals surface area (Å²) in [6.07, 6.45) is 1.69. The standard InChI is InChI=1S/C17H18FN3O3/c1-20(2)16(22)15-9-12-6-5-11(8-14(12)19-15)13-4-3-7-21(10-13)17(23)24-18/h4-6,8-9,19H,3,7,10H2,1-2H3. The van der Waals surface area contributed by atoms with Crippen LogP contribution < -0.4 is 0 Å². The van der Waals surface area contributed by atoms with Gasteiger partial charge in [-0.05, 0) is 29.7 Å². The van der Waals surface area contributed by atoms with E-state index in [1.807, 2.05) is 30.3 Å². The lowest BCUT2D eigenvalue weighted by Gasteiger charge is -2.25. The maximum Gasteiger partial charge on any atom is 0.447 e. The second-order valence-electron chi connectivity index (χ2n) is 5.97. The van der Waals surface area contributed by atoms with Crippen molar-refractivity contribution in [1.82, 2.24) is 14.8 Å². The normalized spacial score (nSPS) is 14.5. The van der Waals surface area contributed by atoms with Gasteiger partial charge in [0.25, 0.3) is 5.91 Å². The molecule has 1 aliphatic rings. The van der Waals surface area contributed by atoms with E-state index in [0.717, 1.165) is 22.0 Å². The molecule has 3 rings (SSSR count). The molecule has 1 aromatic carbocycles. The van der Waals surface area contributed by atoms with Crippen molar-refractivity contribution < 1.29 is 19.1 Å². The molecule has 0 fully saturated rings. The third-order valence-electron chi connectivity index (χ3n) is 4.11. The monoisotopic (exact) mass is 331 g/mol. The third-order valence-corrected chi connectivity index (χ3v) is 4.11. The maximum absolute atomic E-state index is 12.1. The fourth-order valence-electron chi connectivity index (χ4n) is 2.84. The first kappa shape index (κ1) is 16.0. The lowest BCUT2D eigenvalue weighted by atomic mass is 10.0. The van der Waals surface area contributed by atoms with Crippen LogP contribution in [0.3, 0.4) is 0 Å². The molecule has 2 aromatic rings. The summed E-state index contributed by atoms with van der Waals surface area (Å²) in [7, 11) is 3.40. The molecule has 1 aromatic heterocycles. The zero-order valence-corrected chi connectivity index (χ0v) is 13.5. The van der Waals surface area contributed by atoms with Crippen molar-refractivity contribution in [2.24, 2.45) is 0 Å². The second-order valence-corrected chi connectivity index (χ2v) is 5.97. The number of H-pyrrole nitrogens is 1. The van der Waals surface area contributed by atoms with Crippen LogP contribution in [-0.2, 0) is 4.94 Å². The molecular weight excluding hydrogens is 313 g/mol. The smallest absolute Gasteiger partial charge is 0.351 e. The van der Waals surface area contributed by atoms with E-state index in [0.29, 0.717) is 25.2 Å². The number of hydrogen-bond acceptors (Lipinski definition) is 3. The Hall–Kier alpha value is -2.83. The predicted octanol–water partition coefficient (Wildman–Crippen LogP) is 2.98. The van der Waals surface area contributed by atoms with Crippen molar-refractivity contribution in [3.8, 4) is 0 Å². The molecule has 0 saturated carbocycles. The second kappa shape index (κ2) is 6.35. The fraction of sp³-hybridized carbons (Fsp3) is 0.294. The van der Waals surface area contributed by atoms with Gasteiger partial charge < -0.3 is 14.8 Å². The van der Waals surface area contributed by atoms with Crippen molar-refractivity contribution in [2.75, 3.05) is 27.2 Å². The average molecular weight is 331 g/mol. The Balaban J connectivity index is 1.89. The minimum atomic E-state index is -0.972. The lowest BCUT2D eigenvalue weighted by Crippen LogP contribution is -2.34. The van der Waals surface area contributed by atoms with Crippen LogP contribution in [0, 0.1) is 0 Å². The van der Waals surface area contributed by atoms with E-state index < -0.39 is 6.09 Å². The highest BCUT2D eigenvalue weighted by Gasteiger charge is 2.21. The largest absolute Gasteiger partial charge is 0.447 e. The van der Waals surface area contributed by atoms with Crippen molar-refractivity contribution in [1.29, 1.82) is 0 Å². The number of benzene rings is 1. The van der Waals surface area contributed by atoms with Crippen LogP contribution >= 0.6 is 0 Å². The van der Waals surface area contributed by atoms with E-state index in [1.54, 1.807) is 14.1 Å². The minimum Gasteiger partial charge on any atom is -0.351 e. The molecule has 126 valence electrons. The van der Waals surface area contributed by atoms with Crippen molar-refractivity contribution >= 4 is 28.5 Å². The Labute approximate surface area is 138 Å². The summed E-state index contributed by atoms with van der Waals surface area (Å²) in [6, 6.07) is 7.58. The molecule has 0 bridgehead atoms. The van der Waals surface area contributed by atoms with Gasteiger partial charge >= 0.3 is 6.09 Å². The van der Waals surface area contributed by atoms with E-state index >= 15 is 0 Å². The summed E-state index contributed by atoms with van der Waals surface area (Å²) in [6.45, 7) is 0.719. The summed E-state index contributed by atoms with van der Waals surface area (Å²) in [5.41, 5.74) is 3.20. The van der Waals surface area contributed by atoms with Gasteiger partial charge in [-0.15, -0.1) is 0 Å². The number of nitrogens with zero attached hydrogens (tertiary/aromatic N) is 2. The Kier molecular flexibility index (Phi) is 4.24. The first-order chi connectivity index (χ1) is 11.5. The Bertz CT molecular complexity index is 826. The fourth-order valence-corrected chi connectivity index (χ4v) is 2.84. The van der Waals surface area contributed by atoms with E-state index in [4.69, 9.17) is 0 Å². The number of amides is 2. The van der Waals surface area contributed by atoms with Crippen molar-refractivity contribution in [2.45, 2.75) is 6.42 Å². The summed E-state index contributed by atoms with van der Waals surface area (Å²) in [5, 5.41) is 0.931. The zero-order chi connectivity index (χ0) is 17.3. The molecule has 0 unspecified atom stereocenters. The molecular formula is C17H18FN3O3. The van der Waals surface area contributed by atoms with E-state index in [2.05, 4.69) is 9.93 Å². The first-order valence-corrected chi connectivity index (χ1v) is 7.61. The number of fused-ring (bicyclic) bond motifs is 1. The topological polar surface area (TPSA) is 65.6 Å². The van der Waals surface area contributed by atoms with Crippen LogP contribution in [-0.4, -0.2) is 54.0 Å². The Morgan fingerprint density at radius 3 is 2.79 bits per heavy atom. The molecule has 0 atom stereocenters. The molecule has 7 heteroatoms. The van der Waals surface area contributed by atoms with Gasteiger partial charge in [0.2, 0.25) is 0 Å². The molecule has 1 aliphatic heterocycles. The number of carbonyl (C=O) groups excluding carboxylic acids is 2. The Morgan fingerprint density at radius 2 is 2.08 bits per heavy atom. The van der Waals surface area contributed by atoms with Crippen LogP contribution in [0.1, 0.15) is 22.5 Å². The predicted molar refractivity (Wildman–Crippen MR) is 88.1 cm³/mol. The third kappa shape index (κ3) is 2.97. The Morgan fingerprint density at radius 1 is 1.29 bits per heavy atom. The molecule has 2 heterocycles. The molecule has 6 nitrogen and oxygen atoms in total. The highest BCUT2D eigenvalue weighted by Crippen LogP contribution is 2.25. The van der Waals surface area contributed by atoms with Crippen LogP contribution in [0.15, 0.2) is 30.3 Å². The van der Waals surface area contributed by atoms with Crippen LogP contribution in [0.5, 0.6) is 0 Å². The quantitative estimate of drug-likeness (QED) is 0.920. The molecule has 0 radical (unpaired) electrons. The molecule has 2 amide bonds. The summed E-state index contributed by atoms with van der Waals surface area (Å²) in [4.78, 5) is 32.6. The van der Waals surface area contributed by atoms with Gasteiger partial charge in [-0.3, -0.25) is 4.79 Å². The highest BCUT2D eigenvalue weighted by atomic mass is 19.3. The molecule has 1 N–H and O–H groups in total. The van der Waals surface area contributed by atoms with Gasteiger partial charge in [-0.1, -0.05) is 18.2 Å². The SMILES string of the molecule is CN(C)C(=O)c1cc2ccc(C3=CCCN(C(=O)OF)C3)cc2[nH]1. The number of nitrogens with one attached hydrogen (secondary N) is 1. The summed E-state index contributed by atoms with van der Waals surface area (Å²) >= 11 is 0. The van der Waals surface area contributed by atoms with Gasteiger partial charge in [0.05, 0.1) is 0 Å². The maximum atomic E-state index is 12.1. The number of carbonyl (C=O) groups is 2. The lowest BCUT2D eigenvalue weighted by molar-refractivity contribution is -0.0784. The average Bonchev–Trinajstić information content (AvgIpc) is 3.03. The van der Waals surface area contributed by atoms with E-state index in [1.165, 1.54) is 9.80 Å². The number of aromatic amines is 1. The van der Waals surface area contributed by atoms with Crippen LogP contribution in [0.4, 0.5) is 9.32 Å². The molecule has 24 heavy (non-hydrogen) atoms. The molecule has 0 aliphatic carbocycles. The van der Waals surface area contributed by atoms with Crippen LogP contribution in [0.2, 0.25) is 0 Å². The van der Waals surface area contributed by atoms with E-state index in [9.17, 15) is 14.1 Å².